The molecule has 0 aliphatic carbocycles. The first kappa shape index (κ1) is 9.15. The fraction of sp³-hybridized carbons (Fsp3) is 0.200. The number of thiazole rings is 1. The maximum absolute atomic E-state index is 10.9. The Morgan fingerprint density at radius 2 is 2.14 bits per heavy atom. The Bertz CT molecular complexity index is 516. The number of benzene rings is 1. The van der Waals surface area contributed by atoms with E-state index in [0.29, 0.717) is 5.01 Å². The molecular formula is C10H10N2OS. The molecule has 0 atom stereocenters. The van der Waals surface area contributed by atoms with Crippen LogP contribution in [0, 0.1) is 13.8 Å². The topological polar surface area (TPSA) is 56.0 Å². The lowest BCUT2D eigenvalue weighted by Crippen LogP contribution is -2.09. The van der Waals surface area contributed by atoms with Gasteiger partial charge in [-0.3, -0.25) is 4.79 Å². The molecule has 2 N–H and O–H groups in total. The minimum absolute atomic E-state index is 0.383. The van der Waals surface area contributed by atoms with Crippen molar-refractivity contribution in [2.24, 2.45) is 5.73 Å². The van der Waals surface area contributed by atoms with E-state index in [1.165, 1.54) is 16.9 Å². The van der Waals surface area contributed by atoms with Crippen LogP contribution in [0.25, 0.3) is 10.2 Å². The van der Waals surface area contributed by atoms with Crippen molar-refractivity contribution < 1.29 is 4.79 Å². The molecule has 1 aromatic heterocycles. The molecule has 72 valence electrons. The van der Waals surface area contributed by atoms with Gasteiger partial charge in [0.1, 0.15) is 0 Å². The Kier molecular flexibility index (Phi) is 2.00. The molecule has 0 aliphatic heterocycles. The number of aryl methyl sites for hydroxylation is 2. The van der Waals surface area contributed by atoms with Crippen molar-refractivity contribution in [1.82, 2.24) is 4.98 Å². The van der Waals surface area contributed by atoms with E-state index in [1.54, 1.807) is 0 Å². The number of nitrogens with zero attached hydrogens (tertiary/aromatic N) is 1. The average Bonchev–Trinajstić information content (AvgIpc) is 2.47. The third-order valence-corrected chi connectivity index (χ3v) is 3.06. The number of hydrogen-bond acceptors (Lipinski definition) is 3. The molecule has 0 radical (unpaired) electrons. The van der Waals surface area contributed by atoms with Gasteiger partial charge in [-0.2, -0.15) is 0 Å². The number of aromatic nitrogens is 1. The third kappa shape index (κ3) is 1.37. The summed E-state index contributed by atoms with van der Waals surface area (Å²) >= 11 is 1.35. The third-order valence-electron chi connectivity index (χ3n) is 2.04. The van der Waals surface area contributed by atoms with E-state index in [9.17, 15) is 4.79 Å². The molecule has 1 heterocycles. The van der Waals surface area contributed by atoms with Crippen molar-refractivity contribution in [3.8, 4) is 0 Å². The normalized spacial score (nSPS) is 10.7. The molecule has 0 saturated carbocycles. The van der Waals surface area contributed by atoms with Gasteiger partial charge in [0.05, 0.1) is 10.2 Å². The molecule has 0 spiro atoms. The molecule has 0 bridgehead atoms. The lowest BCUT2D eigenvalue weighted by molar-refractivity contribution is 0.1000. The summed E-state index contributed by atoms with van der Waals surface area (Å²) in [7, 11) is 0. The number of primary amides is 1. The number of hydrogen-bond donors (Lipinski definition) is 1. The van der Waals surface area contributed by atoms with Crippen LogP contribution >= 0.6 is 11.3 Å². The molecule has 4 heteroatoms. The maximum atomic E-state index is 10.9. The van der Waals surface area contributed by atoms with Crippen LogP contribution in [0.5, 0.6) is 0 Å². The minimum Gasteiger partial charge on any atom is -0.364 e. The Morgan fingerprint density at radius 3 is 2.79 bits per heavy atom. The fourth-order valence-electron chi connectivity index (χ4n) is 1.48. The highest BCUT2D eigenvalue weighted by molar-refractivity contribution is 7.20. The highest BCUT2D eigenvalue weighted by atomic mass is 32.1. The second kappa shape index (κ2) is 3.06. The van der Waals surface area contributed by atoms with Crippen LogP contribution in [0.2, 0.25) is 0 Å². The maximum Gasteiger partial charge on any atom is 0.277 e. The summed E-state index contributed by atoms with van der Waals surface area (Å²) in [4.78, 5) is 15.1. The van der Waals surface area contributed by atoms with E-state index in [2.05, 4.69) is 4.98 Å². The summed E-state index contributed by atoms with van der Waals surface area (Å²) in [6.45, 7) is 4.01. The zero-order valence-corrected chi connectivity index (χ0v) is 8.81. The van der Waals surface area contributed by atoms with Crippen LogP contribution in [0.4, 0.5) is 0 Å². The standard InChI is InChI=1S/C10H10N2OS/c1-5-3-6(2)8-7(4-5)14-10(12-8)9(11)13/h3-4H,1-2H3,(H2,11,13). The number of amides is 1. The van der Waals surface area contributed by atoms with Gasteiger partial charge in [-0.15, -0.1) is 11.3 Å². The van der Waals surface area contributed by atoms with E-state index in [0.717, 1.165) is 15.8 Å². The van der Waals surface area contributed by atoms with Crippen LogP contribution in [0.15, 0.2) is 12.1 Å². The van der Waals surface area contributed by atoms with E-state index in [1.807, 2.05) is 26.0 Å². The summed E-state index contributed by atoms with van der Waals surface area (Å²) in [5.74, 6) is -0.455. The summed E-state index contributed by atoms with van der Waals surface area (Å²) in [5.41, 5.74) is 8.32. The molecule has 2 aromatic rings. The van der Waals surface area contributed by atoms with Crippen LogP contribution in [-0.2, 0) is 0 Å². The lowest BCUT2D eigenvalue weighted by Gasteiger charge is -1.95. The van der Waals surface area contributed by atoms with Crippen molar-refractivity contribution in [2.45, 2.75) is 13.8 Å². The average molecular weight is 206 g/mol. The van der Waals surface area contributed by atoms with Gasteiger partial charge in [0.15, 0.2) is 5.01 Å². The second-order valence-corrected chi connectivity index (χ2v) is 4.34. The molecule has 0 aliphatic rings. The first-order valence-electron chi connectivity index (χ1n) is 4.25. The van der Waals surface area contributed by atoms with E-state index >= 15 is 0 Å². The van der Waals surface area contributed by atoms with Gasteiger partial charge >= 0.3 is 0 Å². The molecule has 14 heavy (non-hydrogen) atoms. The van der Waals surface area contributed by atoms with Crippen molar-refractivity contribution >= 4 is 27.5 Å². The molecule has 1 amide bonds. The SMILES string of the molecule is Cc1cc(C)c2nc(C(N)=O)sc2c1. The number of carbonyl (C=O) groups is 1. The summed E-state index contributed by atoms with van der Waals surface area (Å²) in [5, 5.41) is 0.383. The Morgan fingerprint density at radius 1 is 1.43 bits per heavy atom. The van der Waals surface area contributed by atoms with Gasteiger partial charge in [-0.05, 0) is 31.0 Å². The lowest BCUT2D eigenvalue weighted by atomic mass is 10.1. The molecule has 3 nitrogen and oxygen atoms in total. The van der Waals surface area contributed by atoms with Gasteiger partial charge in [0, 0.05) is 0 Å². The van der Waals surface area contributed by atoms with Crippen LogP contribution < -0.4 is 5.73 Å². The smallest absolute Gasteiger partial charge is 0.277 e. The second-order valence-electron chi connectivity index (χ2n) is 3.31. The Balaban J connectivity index is 2.76. The first-order valence-corrected chi connectivity index (χ1v) is 5.07. The molecule has 0 unspecified atom stereocenters. The van der Waals surface area contributed by atoms with Gasteiger partial charge < -0.3 is 5.73 Å². The van der Waals surface area contributed by atoms with Crippen molar-refractivity contribution in [1.29, 1.82) is 0 Å². The molecule has 1 aromatic carbocycles. The van der Waals surface area contributed by atoms with Crippen LogP contribution in [0.1, 0.15) is 20.9 Å². The molecule has 0 saturated heterocycles. The van der Waals surface area contributed by atoms with Gasteiger partial charge in [0.25, 0.3) is 5.91 Å². The molecule has 2 rings (SSSR count). The fourth-order valence-corrected chi connectivity index (χ4v) is 2.47. The van der Waals surface area contributed by atoms with E-state index in [-0.39, 0.29) is 0 Å². The van der Waals surface area contributed by atoms with Crippen molar-refractivity contribution in [3.63, 3.8) is 0 Å². The van der Waals surface area contributed by atoms with E-state index in [4.69, 9.17) is 5.73 Å². The Hall–Kier alpha value is -1.42. The quantitative estimate of drug-likeness (QED) is 0.776. The zero-order valence-electron chi connectivity index (χ0n) is 8.00. The number of fused-ring (bicyclic) bond motifs is 1. The number of nitrogens with two attached hydrogens (primary N) is 1. The summed E-state index contributed by atoms with van der Waals surface area (Å²) in [6.07, 6.45) is 0. The monoisotopic (exact) mass is 206 g/mol. The summed E-state index contributed by atoms with van der Waals surface area (Å²) in [6, 6.07) is 4.07. The van der Waals surface area contributed by atoms with Crippen molar-refractivity contribution in [2.75, 3.05) is 0 Å². The van der Waals surface area contributed by atoms with Gasteiger partial charge in [-0.1, -0.05) is 6.07 Å². The molecule has 0 fully saturated rings. The highest BCUT2D eigenvalue weighted by Crippen LogP contribution is 2.25. The van der Waals surface area contributed by atoms with Gasteiger partial charge in [0.2, 0.25) is 0 Å². The van der Waals surface area contributed by atoms with Gasteiger partial charge in [-0.25, -0.2) is 4.98 Å². The predicted octanol–water partition coefficient (Wildman–Crippen LogP) is 2.01. The first-order chi connectivity index (χ1) is 6.58. The Labute approximate surface area is 85.6 Å². The van der Waals surface area contributed by atoms with E-state index < -0.39 is 5.91 Å². The van der Waals surface area contributed by atoms with Crippen LogP contribution in [-0.4, -0.2) is 10.9 Å². The highest BCUT2D eigenvalue weighted by Gasteiger charge is 2.10. The summed E-state index contributed by atoms with van der Waals surface area (Å²) < 4.78 is 1.02. The van der Waals surface area contributed by atoms with Crippen molar-refractivity contribution in [3.05, 3.63) is 28.3 Å². The zero-order chi connectivity index (χ0) is 10.3. The van der Waals surface area contributed by atoms with Crippen LogP contribution in [0.3, 0.4) is 0 Å². The molecular weight excluding hydrogens is 196 g/mol. The minimum atomic E-state index is -0.455. The number of carbonyl (C=O) groups excluding carboxylic acids is 1. The largest absolute Gasteiger partial charge is 0.364 e. The number of rotatable bonds is 1. The predicted molar refractivity (Wildman–Crippen MR) is 57.6 cm³/mol.